The highest BCUT2D eigenvalue weighted by Crippen LogP contribution is 2.23. The van der Waals surface area contributed by atoms with Gasteiger partial charge in [-0.2, -0.15) is 12.7 Å². The summed E-state index contributed by atoms with van der Waals surface area (Å²) in [6, 6.07) is 11.2. The number of hydrogen-bond acceptors (Lipinski definition) is 5. The minimum absolute atomic E-state index is 0.0531. The molecule has 0 aliphatic heterocycles. The van der Waals surface area contributed by atoms with Gasteiger partial charge in [0.2, 0.25) is 11.8 Å². The van der Waals surface area contributed by atoms with E-state index in [9.17, 15) is 22.4 Å². The van der Waals surface area contributed by atoms with Crippen molar-refractivity contribution in [2.75, 3.05) is 32.1 Å². The zero-order valence-corrected chi connectivity index (χ0v) is 23.2. The lowest BCUT2D eigenvalue weighted by atomic mass is 9.95. The van der Waals surface area contributed by atoms with Crippen LogP contribution in [-0.2, 0) is 26.3 Å². The molecule has 11 heteroatoms. The number of rotatable bonds is 11. The highest BCUT2D eigenvalue weighted by molar-refractivity contribution is 7.90. The lowest BCUT2D eigenvalue weighted by molar-refractivity contribution is -0.139. The Kier molecular flexibility index (Phi) is 10.1. The third-order valence-electron chi connectivity index (χ3n) is 6.74. The van der Waals surface area contributed by atoms with Gasteiger partial charge in [-0.15, -0.1) is 0 Å². The SMILES string of the molecule is COc1cccc(CN(C(=O)CN(c2ccc(F)cc2)S(=O)(=O)N(C)C)[C@H](C)C(=O)NC2CCCCC2)c1. The van der Waals surface area contributed by atoms with Crippen LogP contribution >= 0.6 is 0 Å². The summed E-state index contributed by atoms with van der Waals surface area (Å²) in [5.41, 5.74) is 0.855. The van der Waals surface area contributed by atoms with E-state index in [2.05, 4.69) is 5.32 Å². The van der Waals surface area contributed by atoms with Crippen molar-refractivity contribution in [1.29, 1.82) is 0 Å². The number of ether oxygens (including phenoxy) is 1. The molecule has 1 aliphatic rings. The number of nitrogens with zero attached hydrogens (tertiary/aromatic N) is 3. The molecule has 2 aromatic rings. The molecule has 208 valence electrons. The van der Waals surface area contributed by atoms with E-state index in [1.165, 1.54) is 38.2 Å². The van der Waals surface area contributed by atoms with Gasteiger partial charge < -0.3 is 15.0 Å². The molecule has 0 spiro atoms. The van der Waals surface area contributed by atoms with Crippen molar-refractivity contribution in [2.24, 2.45) is 0 Å². The normalized spacial score (nSPS) is 15.1. The molecule has 0 saturated heterocycles. The Morgan fingerprint density at radius 1 is 1.08 bits per heavy atom. The van der Waals surface area contributed by atoms with Crippen molar-refractivity contribution in [3.63, 3.8) is 0 Å². The van der Waals surface area contributed by atoms with Gasteiger partial charge in [-0.1, -0.05) is 31.4 Å². The summed E-state index contributed by atoms with van der Waals surface area (Å²) in [6.07, 6.45) is 5.01. The van der Waals surface area contributed by atoms with E-state index < -0.39 is 34.5 Å². The molecule has 0 radical (unpaired) electrons. The molecule has 0 unspecified atom stereocenters. The number of carbonyl (C=O) groups is 2. The van der Waals surface area contributed by atoms with E-state index in [0.29, 0.717) is 5.75 Å². The van der Waals surface area contributed by atoms with Crippen LogP contribution in [0.15, 0.2) is 48.5 Å². The zero-order chi connectivity index (χ0) is 27.9. The van der Waals surface area contributed by atoms with Crippen molar-refractivity contribution >= 4 is 27.7 Å². The maximum Gasteiger partial charge on any atom is 0.304 e. The molecule has 1 saturated carbocycles. The van der Waals surface area contributed by atoms with Crippen molar-refractivity contribution in [3.05, 3.63) is 59.9 Å². The summed E-state index contributed by atoms with van der Waals surface area (Å²) < 4.78 is 47.1. The van der Waals surface area contributed by atoms with Crippen molar-refractivity contribution in [2.45, 2.75) is 57.7 Å². The molecular formula is C27H37FN4O5S. The Bertz CT molecular complexity index is 1200. The first kappa shape index (κ1) is 29.4. The molecule has 38 heavy (non-hydrogen) atoms. The minimum Gasteiger partial charge on any atom is -0.497 e. The maximum absolute atomic E-state index is 13.8. The van der Waals surface area contributed by atoms with E-state index in [-0.39, 0.29) is 24.2 Å². The first-order chi connectivity index (χ1) is 18.0. The molecule has 1 aliphatic carbocycles. The summed E-state index contributed by atoms with van der Waals surface area (Å²) in [6.45, 7) is 1.13. The number of hydrogen-bond donors (Lipinski definition) is 1. The lowest BCUT2D eigenvalue weighted by Crippen LogP contribution is -2.53. The third kappa shape index (κ3) is 7.44. The van der Waals surface area contributed by atoms with Gasteiger partial charge in [0.05, 0.1) is 12.8 Å². The minimum atomic E-state index is -4.11. The summed E-state index contributed by atoms with van der Waals surface area (Å²) in [5.74, 6) is -0.807. The molecule has 2 aromatic carbocycles. The first-order valence-electron chi connectivity index (χ1n) is 12.7. The topological polar surface area (TPSA) is 99.3 Å². The Balaban J connectivity index is 1.92. The Labute approximate surface area is 224 Å². The second-order valence-corrected chi connectivity index (χ2v) is 11.7. The van der Waals surface area contributed by atoms with Gasteiger partial charge in [0.1, 0.15) is 24.2 Å². The Morgan fingerprint density at radius 2 is 1.74 bits per heavy atom. The Morgan fingerprint density at radius 3 is 2.34 bits per heavy atom. The van der Waals surface area contributed by atoms with E-state index in [1.54, 1.807) is 25.1 Å². The van der Waals surface area contributed by atoms with E-state index in [0.717, 1.165) is 58.4 Å². The molecule has 0 bridgehead atoms. The third-order valence-corrected chi connectivity index (χ3v) is 8.56. The predicted octanol–water partition coefficient (Wildman–Crippen LogP) is 3.31. The number of benzene rings is 2. The monoisotopic (exact) mass is 548 g/mol. The highest BCUT2D eigenvalue weighted by atomic mass is 32.2. The van der Waals surface area contributed by atoms with Crippen LogP contribution in [0, 0.1) is 5.82 Å². The molecule has 2 amide bonds. The van der Waals surface area contributed by atoms with Crippen LogP contribution in [0.5, 0.6) is 5.75 Å². The van der Waals surface area contributed by atoms with Crippen LogP contribution in [0.3, 0.4) is 0 Å². The van der Waals surface area contributed by atoms with E-state index in [4.69, 9.17) is 4.74 Å². The Hall–Kier alpha value is -3.18. The summed E-state index contributed by atoms with van der Waals surface area (Å²) >= 11 is 0. The number of carbonyl (C=O) groups excluding carboxylic acids is 2. The van der Waals surface area contributed by atoms with E-state index in [1.807, 2.05) is 6.07 Å². The van der Waals surface area contributed by atoms with Gasteiger partial charge in [-0.25, -0.2) is 8.70 Å². The van der Waals surface area contributed by atoms with Crippen LogP contribution in [0.25, 0.3) is 0 Å². The maximum atomic E-state index is 13.8. The molecule has 1 N–H and O–H groups in total. The fraction of sp³-hybridized carbons (Fsp3) is 0.481. The van der Waals surface area contributed by atoms with Gasteiger partial charge in [0.25, 0.3) is 0 Å². The second kappa shape index (κ2) is 13.1. The number of amides is 2. The first-order valence-corrected chi connectivity index (χ1v) is 14.1. The lowest BCUT2D eigenvalue weighted by Gasteiger charge is -2.34. The predicted molar refractivity (Wildman–Crippen MR) is 144 cm³/mol. The average molecular weight is 549 g/mol. The smallest absolute Gasteiger partial charge is 0.304 e. The molecule has 1 atom stereocenters. The highest BCUT2D eigenvalue weighted by Gasteiger charge is 2.33. The van der Waals surface area contributed by atoms with E-state index >= 15 is 0 Å². The largest absolute Gasteiger partial charge is 0.497 e. The number of nitrogens with one attached hydrogen (secondary N) is 1. The van der Waals surface area contributed by atoms with Crippen LogP contribution in [0.1, 0.15) is 44.6 Å². The molecular weight excluding hydrogens is 511 g/mol. The van der Waals surface area contributed by atoms with Crippen LogP contribution in [0.2, 0.25) is 0 Å². The summed E-state index contributed by atoms with van der Waals surface area (Å²) in [7, 11) is 0.131. The standard InChI is InChI=1S/C27H37FN4O5S/c1-20(27(34)29-23-10-6-5-7-11-23)31(18-21-9-8-12-25(17-21)37-4)26(33)19-32(38(35,36)30(2)3)24-15-13-22(28)14-16-24/h8-9,12-17,20,23H,5-7,10-11,18-19H2,1-4H3,(H,29,34)/t20-/m1/s1. The van der Waals surface area contributed by atoms with Crippen molar-refractivity contribution in [1.82, 2.24) is 14.5 Å². The average Bonchev–Trinajstić information content (AvgIpc) is 2.91. The van der Waals surface area contributed by atoms with Gasteiger partial charge in [-0.05, 0) is 61.7 Å². The number of methoxy groups -OCH3 is 1. The van der Waals surface area contributed by atoms with Crippen molar-refractivity contribution < 1.29 is 27.1 Å². The fourth-order valence-electron chi connectivity index (χ4n) is 4.44. The number of anilines is 1. The van der Waals surface area contributed by atoms with Gasteiger partial charge in [0.15, 0.2) is 0 Å². The molecule has 0 heterocycles. The van der Waals surface area contributed by atoms with Crippen molar-refractivity contribution in [3.8, 4) is 5.75 Å². The van der Waals surface area contributed by atoms with Crippen LogP contribution < -0.4 is 14.4 Å². The summed E-state index contributed by atoms with van der Waals surface area (Å²) in [4.78, 5) is 28.4. The zero-order valence-electron chi connectivity index (χ0n) is 22.4. The molecule has 3 rings (SSSR count). The summed E-state index contributed by atoms with van der Waals surface area (Å²) in [5, 5.41) is 3.06. The van der Waals surface area contributed by atoms with Crippen LogP contribution in [-0.4, -0.2) is 69.3 Å². The number of halogens is 1. The van der Waals surface area contributed by atoms with Gasteiger partial charge >= 0.3 is 10.2 Å². The van der Waals surface area contributed by atoms with Gasteiger partial charge in [-0.3, -0.25) is 9.59 Å². The quantitative estimate of drug-likeness (QED) is 0.465. The molecule has 9 nitrogen and oxygen atoms in total. The fourth-order valence-corrected chi connectivity index (χ4v) is 5.50. The molecule has 1 fully saturated rings. The molecule has 0 aromatic heterocycles. The van der Waals surface area contributed by atoms with Gasteiger partial charge in [0, 0.05) is 26.7 Å². The van der Waals surface area contributed by atoms with Crippen LogP contribution in [0.4, 0.5) is 10.1 Å². The second-order valence-electron chi connectivity index (χ2n) is 9.67.